The molecule has 26 heavy (non-hydrogen) atoms. The molecule has 1 amide bonds. The Balaban J connectivity index is 1.52. The van der Waals surface area contributed by atoms with Gasteiger partial charge in [0.2, 0.25) is 5.82 Å². The molecule has 0 aliphatic heterocycles. The smallest absolute Gasteiger partial charge is 0.291 e. The van der Waals surface area contributed by atoms with Gasteiger partial charge in [0.1, 0.15) is 11.6 Å². The van der Waals surface area contributed by atoms with Crippen LogP contribution in [0.4, 0.5) is 4.39 Å². The predicted octanol–water partition coefficient (Wildman–Crippen LogP) is 2.35. The largest absolute Gasteiger partial charge is 0.346 e. The molecule has 0 saturated heterocycles. The van der Waals surface area contributed by atoms with Gasteiger partial charge in [-0.05, 0) is 68.7 Å². The average molecular weight is 357 g/mol. The zero-order valence-corrected chi connectivity index (χ0v) is 14.9. The first kappa shape index (κ1) is 17.1. The van der Waals surface area contributed by atoms with Crippen molar-refractivity contribution in [3.8, 4) is 5.69 Å². The number of hydrogen-bond acceptors (Lipinski definition) is 4. The predicted molar refractivity (Wildman–Crippen MR) is 95.3 cm³/mol. The molecule has 2 bridgehead atoms. The Kier molecular flexibility index (Phi) is 4.48. The molecule has 6 nitrogen and oxygen atoms in total. The lowest BCUT2D eigenvalue weighted by atomic mass is 9.67. The Bertz CT molecular complexity index is 789. The van der Waals surface area contributed by atoms with Crippen LogP contribution in [-0.4, -0.2) is 32.8 Å². The molecule has 2 fully saturated rings. The van der Waals surface area contributed by atoms with Crippen molar-refractivity contribution in [2.24, 2.45) is 17.6 Å². The van der Waals surface area contributed by atoms with Crippen LogP contribution in [0.25, 0.3) is 5.69 Å². The van der Waals surface area contributed by atoms with E-state index < -0.39 is 0 Å². The number of carbonyl (C=O) groups excluding carboxylic acids is 1. The van der Waals surface area contributed by atoms with Gasteiger partial charge in [0.15, 0.2) is 0 Å². The third-order valence-corrected chi connectivity index (χ3v) is 5.72. The standard InChI is InChI=1S/C19H24FN5O/c1-11-22-18(24-25(11)16-7-5-14(20)6-8-16)19(26)23-17-12-3-2-4-13(17)10-15(21)9-12/h5-8,12-13,15,17H,2-4,9-10,21H2,1H3,(H,23,26). The fourth-order valence-electron chi connectivity index (χ4n) is 4.55. The van der Waals surface area contributed by atoms with Crippen molar-refractivity contribution in [1.82, 2.24) is 20.1 Å². The Morgan fingerprint density at radius 1 is 1.23 bits per heavy atom. The van der Waals surface area contributed by atoms with Crippen molar-refractivity contribution in [3.05, 3.63) is 41.7 Å². The highest BCUT2D eigenvalue weighted by Crippen LogP contribution is 2.39. The van der Waals surface area contributed by atoms with Crippen LogP contribution in [0.15, 0.2) is 24.3 Å². The molecule has 2 saturated carbocycles. The van der Waals surface area contributed by atoms with Crippen molar-refractivity contribution in [3.63, 3.8) is 0 Å². The first-order chi connectivity index (χ1) is 12.5. The molecule has 1 aromatic heterocycles. The molecular weight excluding hydrogens is 333 g/mol. The lowest BCUT2D eigenvalue weighted by molar-refractivity contribution is 0.0747. The molecule has 1 heterocycles. The molecule has 1 aromatic carbocycles. The lowest BCUT2D eigenvalue weighted by Gasteiger charge is -2.45. The van der Waals surface area contributed by atoms with Gasteiger partial charge < -0.3 is 11.1 Å². The highest BCUT2D eigenvalue weighted by atomic mass is 19.1. The second-order valence-electron chi connectivity index (χ2n) is 7.55. The van der Waals surface area contributed by atoms with E-state index in [0.717, 1.165) is 25.7 Å². The summed E-state index contributed by atoms with van der Waals surface area (Å²) in [4.78, 5) is 17.0. The molecule has 138 valence electrons. The van der Waals surface area contributed by atoms with Crippen LogP contribution in [0.1, 0.15) is 48.5 Å². The van der Waals surface area contributed by atoms with E-state index >= 15 is 0 Å². The Morgan fingerprint density at radius 3 is 2.54 bits per heavy atom. The number of nitrogens with one attached hydrogen (secondary N) is 1. The zero-order valence-electron chi connectivity index (χ0n) is 14.9. The molecule has 2 aromatic rings. The van der Waals surface area contributed by atoms with Crippen LogP contribution in [0, 0.1) is 24.6 Å². The van der Waals surface area contributed by atoms with Crippen molar-refractivity contribution in [2.75, 3.05) is 0 Å². The molecule has 0 spiro atoms. The van der Waals surface area contributed by atoms with Crippen molar-refractivity contribution in [2.45, 2.75) is 51.1 Å². The van der Waals surface area contributed by atoms with E-state index in [1.807, 2.05) is 0 Å². The molecule has 3 N–H and O–H groups in total. The van der Waals surface area contributed by atoms with Gasteiger partial charge in [0.25, 0.3) is 5.91 Å². The number of aromatic nitrogens is 3. The van der Waals surface area contributed by atoms with E-state index in [2.05, 4.69) is 15.4 Å². The van der Waals surface area contributed by atoms with Gasteiger partial charge in [-0.15, -0.1) is 5.10 Å². The summed E-state index contributed by atoms with van der Waals surface area (Å²) < 4.78 is 14.7. The van der Waals surface area contributed by atoms with Gasteiger partial charge in [-0.25, -0.2) is 14.1 Å². The van der Waals surface area contributed by atoms with Crippen molar-refractivity contribution < 1.29 is 9.18 Å². The van der Waals surface area contributed by atoms with Gasteiger partial charge in [-0.2, -0.15) is 0 Å². The van der Waals surface area contributed by atoms with Crippen molar-refractivity contribution in [1.29, 1.82) is 0 Å². The number of halogens is 1. The monoisotopic (exact) mass is 357 g/mol. The van der Waals surface area contributed by atoms with E-state index in [4.69, 9.17) is 5.73 Å². The number of rotatable bonds is 3. The third kappa shape index (κ3) is 3.23. The van der Waals surface area contributed by atoms with E-state index in [1.165, 1.54) is 18.6 Å². The minimum absolute atomic E-state index is 0.153. The van der Waals surface area contributed by atoms with Crippen molar-refractivity contribution >= 4 is 5.91 Å². The first-order valence-electron chi connectivity index (χ1n) is 9.27. The van der Waals surface area contributed by atoms with E-state index in [-0.39, 0.29) is 29.6 Å². The normalized spacial score (nSPS) is 28.0. The highest BCUT2D eigenvalue weighted by Gasteiger charge is 2.40. The molecule has 7 heteroatoms. The minimum atomic E-state index is -0.313. The summed E-state index contributed by atoms with van der Waals surface area (Å²) in [5.41, 5.74) is 6.84. The Labute approximate surface area is 152 Å². The summed E-state index contributed by atoms with van der Waals surface area (Å²) in [5, 5.41) is 7.50. The maximum atomic E-state index is 13.1. The highest BCUT2D eigenvalue weighted by molar-refractivity contribution is 5.90. The van der Waals surface area contributed by atoms with Crippen LogP contribution in [-0.2, 0) is 0 Å². The second-order valence-corrected chi connectivity index (χ2v) is 7.55. The quantitative estimate of drug-likeness (QED) is 0.883. The first-order valence-corrected chi connectivity index (χ1v) is 9.27. The van der Waals surface area contributed by atoms with E-state index in [1.54, 1.807) is 23.7 Å². The summed E-state index contributed by atoms with van der Waals surface area (Å²) >= 11 is 0. The Morgan fingerprint density at radius 2 is 1.88 bits per heavy atom. The minimum Gasteiger partial charge on any atom is -0.346 e. The van der Waals surface area contributed by atoms with Crippen LogP contribution >= 0.6 is 0 Å². The number of carbonyl (C=O) groups is 1. The van der Waals surface area contributed by atoms with Gasteiger partial charge in [0, 0.05) is 12.1 Å². The van der Waals surface area contributed by atoms with E-state index in [0.29, 0.717) is 23.3 Å². The molecule has 0 radical (unpaired) electrons. The van der Waals surface area contributed by atoms with Crippen LogP contribution in [0.3, 0.4) is 0 Å². The number of hydrogen-bond donors (Lipinski definition) is 2. The van der Waals surface area contributed by atoms with Gasteiger partial charge in [-0.1, -0.05) is 6.42 Å². The fraction of sp³-hybridized carbons (Fsp3) is 0.526. The second kappa shape index (κ2) is 6.79. The van der Waals surface area contributed by atoms with Crippen LogP contribution < -0.4 is 11.1 Å². The fourth-order valence-corrected chi connectivity index (χ4v) is 4.55. The number of amides is 1. The number of aryl methyl sites for hydroxylation is 1. The molecule has 4 rings (SSSR count). The number of nitrogens with zero attached hydrogens (tertiary/aromatic N) is 3. The summed E-state index contributed by atoms with van der Waals surface area (Å²) in [7, 11) is 0. The number of nitrogens with two attached hydrogens (primary N) is 1. The molecule has 2 atom stereocenters. The Hall–Kier alpha value is -2.28. The summed E-state index contributed by atoms with van der Waals surface area (Å²) in [5.74, 6) is 1.08. The zero-order chi connectivity index (χ0) is 18.3. The summed E-state index contributed by atoms with van der Waals surface area (Å²) in [6, 6.07) is 6.37. The third-order valence-electron chi connectivity index (χ3n) is 5.72. The topological polar surface area (TPSA) is 85.8 Å². The molecule has 2 aliphatic rings. The van der Waals surface area contributed by atoms with Gasteiger partial charge in [0.05, 0.1) is 5.69 Å². The van der Waals surface area contributed by atoms with Gasteiger partial charge in [-0.3, -0.25) is 4.79 Å². The molecule has 2 unspecified atom stereocenters. The van der Waals surface area contributed by atoms with E-state index in [9.17, 15) is 9.18 Å². The molecule has 2 aliphatic carbocycles. The summed E-state index contributed by atoms with van der Waals surface area (Å²) in [6.07, 6.45) is 5.39. The molecular formula is C19H24FN5O. The lowest BCUT2D eigenvalue weighted by Crippen LogP contribution is -2.53. The van der Waals surface area contributed by atoms with Gasteiger partial charge >= 0.3 is 0 Å². The van der Waals surface area contributed by atoms with Crippen LogP contribution in [0.5, 0.6) is 0 Å². The maximum Gasteiger partial charge on any atom is 0.291 e. The number of benzene rings is 1. The summed E-state index contributed by atoms with van der Waals surface area (Å²) in [6.45, 7) is 1.78. The average Bonchev–Trinajstić information content (AvgIpc) is 2.98. The maximum absolute atomic E-state index is 13.1. The number of fused-ring (bicyclic) bond motifs is 2. The van der Waals surface area contributed by atoms with Crippen LogP contribution in [0.2, 0.25) is 0 Å². The SMILES string of the molecule is Cc1nc(C(=O)NC2C3CCCC2CC(N)C3)nn1-c1ccc(F)cc1.